The SMILES string of the molecule is CC1CCN(C(=O)COC(=O)COc2ccc3ccc(=O)oc3c2)c2ccccc2S1. The molecule has 0 saturated heterocycles. The molecule has 2 heterocycles. The predicted molar refractivity (Wildman–Crippen MR) is 118 cm³/mol. The zero-order chi connectivity index (χ0) is 21.8. The molecule has 1 atom stereocenters. The second-order valence-corrected chi connectivity index (χ2v) is 8.61. The maximum Gasteiger partial charge on any atom is 0.344 e. The van der Waals surface area contributed by atoms with E-state index in [2.05, 4.69) is 6.92 Å². The number of anilines is 1. The molecule has 31 heavy (non-hydrogen) atoms. The van der Waals surface area contributed by atoms with Crippen LogP contribution in [0.2, 0.25) is 0 Å². The van der Waals surface area contributed by atoms with Gasteiger partial charge in [-0.1, -0.05) is 19.1 Å². The van der Waals surface area contributed by atoms with Crippen molar-refractivity contribution in [3.63, 3.8) is 0 Å². The number of amides is 1. The van der Waals surface area contributed by atoms with Gasteiger partial charge in [0.1, 0.15) is 11.3 Å². The van der Waals surface area contributed by atoms with Gasteiger partial charge in [-0.25, -0.2) is 9.59 Å². The highest BCUT2D eigenvalue weighted by molar-refractivity contribution is 8.00. The van der Waals surface area contributed by atoms with Crippen LogP contribution in [0.1, 0.15) is 13.3 Å². The van der Waals surface area contributed by atoms with Crippen LogP contribution in [-0.4, -0.2) is 36.9 Å². The minimum Gasteiger partial charge on any atom is -0.482 e. The number of esters is 1. The van der Waals surface area contributed by atoms with Crippen LogP contribution < -0.4 is 15.3 Å². The number of fused-ring (bicyclic) bond motifs is 2. The molecule has 8 heteroatoms. The van der Waals surface area contributed by atoms with E-state index in [0.717, 1.165) is 22.4 Å². The lowest BCUT2D eigenvalue weighted by atomic mass is 10.2. The Morgan fingerprint density at radius 2 is 1.94 bits per heavy atom. The smallest absolute Gasteiger partial charge is 0.344 e. The van der Waals surface area contributed by atoms with Crippen molar-refractivity contribution in [3.8, 4) is 5.75 Å². The van der Waals surface area contributed by atoms with E-state index in [9.17, 15) is 14.4 Å². The van der Waals surface area contributed by atoms with Gasteiger partial charge in [-0.05, 0) is 36.8 Å². The number of nitrogens with zero attached hydrogens (tertiary/aromatic N) is 1. The molecule has 0 spiro atoms. The Labute approximate surface area is 182 Å². The van der Waals surface area contributed by atoms with Crippen molar-refractivity contribution in [3.05, 3.63) is 65.0 Å². The second-order valence-electron chi connectivity index (χ2n) is 7.13. The summed E-state index contributed by atoms with van der Waals surface area (Å²) < 4.78 is 15.6. The fourth-order valence-electron chi connectivity index (χ4n) is 3.28. The van der Waals surface area contributed by atoms with Gasteiger partial charge in [0.15, 0.2) is 13.2 Å². The van der Waals surface area contributed by atoms with E-state index in [-0.39, 0.29) is 19.1 Å². The first-order chi connectivity index (χ1) is 15.0. The minimum atomic E-state index is -0.659. The highest BCUT2D eigenvalue weighted by Crippen LogP contribution is 2.37. The predicted octanol–water partition coefficient (Wildman–Crippen LogP) is 3.63. The lowest BCUT2D eigenvalue weighted by molar-refractivity contribution is -0.149. The molecule has 1 aromatic heterocycles. The van der Waals surface area contributed by atoms with Gasteiger partial charge < -0.3 is 18.8 Å². The summed E-state index contributed by atoms with van der Waals surface area (Å²) in [4.78, 5) is 38.9. The molecular weight excluding hydrogens is 418 g/mol. The zero-order valence-corrected chi connectivity index (χ0v) is 17.7. The highest BCUT2D eigenvalue weighted by Gasteiger charge is 2.24. The molecule has 0 bridgehead atoms. The Balaban J connectivity index is 1.34. The van der Waals surface area contributed by atoms with Crippen LogP contribution in [0.5, 0.6) is 5.75 Å². The van der Waals surface area contributed by atoms with Crippen molar-refractivity contribution in [1.82, 2.24) is 0 Å². The van der Waals surface area contributed by atoms with Gasteiger partial charge in [-0.15, -0.1) is 11.8 Å². The fourth-order valence-corrected chi connectivity index (χ4v) is 4.39. The van der Waals surface area contributed by atoms with Gasteiger partial charge in [0.2, 0.25) is 0 Å². The molecule has 160 valence electrons. The summed E-state index contributed by atoms with van der Waals surface area (Å²) in [6.07, 6.45) is 0.847. The molecule has 3 aromatic rings. The van der Waals surface area contributed by atoms with E-state index in [1.807, 2.05) is 24.3 Å². The molecule has 1 unspecified atom stereocenters. The van der Waals surface area contributed by atoms with Crippen LogP contribution in [0, 0.1) is 0 Å². The zero-order valence-electron chi connectivity index (χ0n) is 16.9. The number of benzene rings is 2. The van der Waals surface area contributed by atoms with E-state index < -0.39 is 11.6 Å². The number of hydrogen-bond donors (Lipinski definition) is 0. The molecule has 7 nitrogen and oxygen atoms in total. The summed E-state index contributed by atoms with van der Waals surface area (Å²) in [5, 5.41) is 1.13. The standard InChI is InChI=1S/C23H21NO6S/c1-15-10-11-24(18-4-2-3-5-20(18)31-15)21(25)13-29-23(27)14-28-17-8-6-16-7-9-22(26)30-19(16)12-17/h2-9,12,15H,10-11,13-14H2,1H3. The van der Waals surface area contributed by atoms with Crippen LogP contribution >= 0.6 is 11.8 Å². The first-order valence-electron chi connectivity index (χ1n) is 9.88. The maximum atomic E-state index is 12.7. The largest absolute Gasteiger partial charge is 0.482 e. The number of ether oxygens (including phenoxy) is 2. The number of rotatable bonds is 5. The molecule has 1 aliphatic heterocycles. The Morgan fingerprint density at radius 3 is 2.81 bits per heavy atom. The third-order valence-electron chi connectivity index (χ3n) is 4.85. The molecule has 1 amide bonds. The lowest BCUT2D eigenvalue weighted by Crippen LogP contribution is -2.36. The first-order valence-corrected chi connectivity index (χ1v) is 10.8. The van der Waals surface area contributed by atoms with E-state index in [4.69, 9.17) is 13.9 Å². The molecule has 4 rings (SSSR count). The summed E-state index contributed by atoms with van der Waals surface area (Å²) in [5.74, 6) is -0.575. The van der Waals surface area contributed by atoms with Gasteiger partial charge in [-0.3, -0.25) is 4.79 Å². The molecule has 2 aromatic carbocycles. The van der Waals surface area contributed by atoms with Crippen molar-refractivity contribution in [1.29, 1.82) is 0 Å². The minimum absolute atomic E-state index is 0.275. The quantitative estimate of drug-likeness (QED) is 0.443. The molecule has 1 aliphatic rings. The summed E-state index contributed by atoms with van der Waals surface area (Å²) in [7, 11) is 0. The normalized spacial score (nSPS) is 15.8. The fraction of sp³-hybridized carbons (Fsp3) is 0.261. The van der Waals surface area contributed by atoms with Gasteiger partial charge in [0.05, 0.1) is 5.69 Å². The number of carbonyl (C=O) groups excluding carboxylic acids is 2. The molecular formula is C23H21NO6S. The monoisotopic (exact) mass is 439 g/mol. The van der Waals surface area contributed by atoms with Crippen molar-refractivity contribution in [2.24, 2.45) is 0 Å². The van der Waals surface area contributed by atoms with Crippen molar-refractivity contribution >= 4 is 40.3 Å². The Bertz CT molecular complexity index is 1170. The van der Waals surface area contributed by atoms with Gasteiger partial charge in [0, 0.05) is 34.2 Å². The van der Waals surface area contributed by atoms with Crippen LogP contribution in [-0.2, 0) is 14.3 Å². The Kier molecular flexibility index (Phi) is 6.27. The van der Waals surface area contributed by atoms with Crippen molar-refractivity contribution in [2.45, 2.75) is 23.5 Å². The molecule has 0 radical (unpaired) electrons. The Morgan fingerprint density at radius 1 is 1.13 bits per heavy atom. The van der Waals surface area contributed by atoms with E-state index in [1.54, 1.807) is 34.9 Å². The lowest BCUT2D eigenvalue weighted by Gasteiger charge is -2.22. The number of para-hydroxylation sites is 1. The van der Waals surface area contributed by atoms with Crippen LogP contribution in [0.25, 0.3) is 11.0 Å². The topological polar surface area (TPSA) is 86.0 Å². The molecule has 0 fully saturated rings. The molecule has 0 saturated carbocycles. The molecule has 0 aliphatic carbocycles. The summed E-state index contributed by atoms with van der Waals surface area (Å²) >= 11 is 1.74. The van der Waals surface area contributed by atoms with Gasteiger partial charge in [-0.2, -0.15) is 0 Å². The van der Waals surface area contributed by atoms with E-state index in [0.29, 0.717) is 23.1 Å². The number of thioether (sulfide) groups is 1. The number of carbonyl (C=O) groups is 2. The van der Waals surface area contributed by atoms with Gasteiger partial charge in [0.25, 0.3) is 5.91 Å². The maximum absolute atomic E-state index is 12.7. The second kappa shape index (κ2) is 9.26. The van der Waals surface area contributed by atoms with Crippen LogP contribution in [0.3, 0.4) is 0 Å². The third kappa shape index (κ3) is 5.08. The number of hydrogen-bond acceptors (Lipinski definition) is 7. The third-order valence-corrected chi connectivity index (χ3v) is 6.09. The first kappa shape index (κ1) is 21.0. The highest BCUT2D eigenvalue weighted by atomic mass is 32.2. The average Bonchev–Trinajstić information content (AvgIpc) is 2.93. The van der Waals surface area contributed by atoms with Crippen LogP contribution in [0.4, 0.5) is 5.69 Å². The Hall–Kier alpha value is -3.26. The summed E-state index contributed by atoms with van der Waals surface area (Å²) in [6.45, 7) is 1.98. The van der Waals surface area contributed by atoms with Crippen LogP contribution in [0.15, 0.2) is 68.7 Å². The molecule has 0 N–H and O–H groups in total. The van der Waals surface area contributed by atoms with Crippen molar-refractivity contribution in [2.75, 3.05) is 24.7 Å². The van der Waals surface area contributed by atoms with Gasteiger partial charge >= 0.3 is 11.6 Å². The average molecular weight is 439 g/mol. The summed E-state index contributed by atoms with van der Waals surface area (Å²) in [5.41, 5.74) is 0.734. The van der Waals surface area contributed by atoms with E-state index in [1.165, 1.54) is 12.1 Å². The summed E-state index contributed by atoms with van der Waals surface area (Å²) in [6, 6.07) is 15.6. The van der Waals surface area contributed by atoms with Crippen molar-refractivity contribution < 1.29 is 23.5 Å². The van der Waals surface area contributed by atoms with E-state index >= 15 is 0 Å².